The molecule has 4 heteroatoms. The first-order valence-electron chi connectivity index (χ1n) is 6.70. The van der Waals surface area contributed by atoms with Crippen molar-refractivity contribution in [1.82, 2.24) is 9.88 Å². The Bertz CT molecular complexity index is 474. The van der Waals surface area contributed by atoms with Gasteiger partial charge >= 0.3 is 0 Å². The zero-order valence-corrected chi connectivity index (χ0v) is 12.9. The third-order valence-corrected chi connectivity index (χ3v) is 3.21. The molecule has 0 saturated carbocycles. The maximum atomic E-state index is 9.37. The highest BCUT2D eigenvalue weighted by atomic mass is 15.2. The summed E-state index contributed by atoms with van der Waals surface area (Å²) in [6, 6.07) is 4.58. The van der Waals surface area contributed by atoms with E-state index in [2.05, 4.69) is 48.8 Å². The van der Waals surface area contributed by atoms with Crippen molar-refractivity contribution in [2.45, 2.75) is 33.7 Å². The third kappa shape index (κ3) is 3.68. The van der Waals surface area contributed by atoms with Crippen LogP contribution >= 0.6 is 0 Å². The van der Waals surface area contributed by atoms with Gasteiger partial charge in [-0.2, -0.15) is 5.26 Å². The zero-order valence-electron chi connectivity index (χ0n) is 12.9. The number of anilines is 1. The SMILES string of the molecule is CCN(c1nc(C)cc(C)c1C#N)C(C)CN(C)C. The van der Waals surface area contributed by atoms with Crippen LogP contribution in [0.3, 0.4) is 0 Å². The van der Waals surface area contributed by atoms with Crippen molar-refractivity contribution in [2.24, 2.45) is 0 Å². The molecule has 1 heterocycles. The van der Waals surface area contributed by atoms with E-state index in [1.807, 2.05) is 19.9 Å². The molecule has 1 unspecified atom stereocenters. The highest BCUT2D eigenvalue weighted by molar-refractivity contribution is 5.58. The van der Waals surface area contributed by atoms with E-state index in [9.17, 15) is 5.26 Å². The minimum atomic E-state index is 0.320. The highest BCUT2D eigenvalue weighted by Gasteiger charge is 2.19. The highest BCUT2D eigenvalue weighted by Crippen LogP contribution is 2.23. The summed E-state index contributed by atoms with van der Waals surface area (Å²) in [5.41, 5.74) is 2.65. The van der Waals surface area contributed by atoms with E-state index in [1.165, 1.54) is 0 Å². The summed E-state index contributed by atoms with van der Waals surface area (Å²) in [5, 5.41) is 9.37. The van der Waals surface area contributed by atoms with Crippen molar-refractivity contribution >= 4 is 5.82 Å². The van der Waals surface area contributed by atoms with E-state index < -0.39 is 0 Å². The number of nitrogens with zero attached hydrogens (tertiary/aromatic N) is 4. The molecule has 0 bridgehead atoms. The molecule has 1 aromatic rings. The molecule has 0 fully saturated rings. The van der Waals surface area contributed by atoms with Crippen molar-refractivity contribution in [1.29, 1.82) is 5.26 Å². The van der Waals surface area contributed by atoms with E-state index in [0.717, 1.165) is 30.2 Å². The maximum Gasteiger partial charge on any atom is 0.147 e. The van der Waals surface area contributed by atoms with Crippen molar-refractivity contribution < 1.29 is 0 Å². The van der Waals surface area contributed by atoms with E-state index in [0.29, 0.717) is 11.6 Å². The number of nitriles is 1. The van der Waals surface area contributed by atoms with Crippen molar-refractivity contribution in [3.63, 3.8) is 0 Å². The summed E-state index contributed by atoms with van der Waals surface area (Å²) in [5.74, 6) is 0.817. The molecule has 0 saturated heterocycles. The smallest absolute Gasteiger partial charge is 0.147 e. The van der Waals surface area contributed by atoms with Crippen LogP contribution in [0.5, 0.6) is 0 Å². The molecule has 0 radical (unpaired) electrons. The Morgan fingerprint density at radius 1 is 1.37 bits per heavy atom. The summed E-state index contributed by atoms with van der Waals surface area (Å²) >= 11 is 0. The minimum absolute atomic E-state index is 0.320. The molecule has 0 aliphatic heterocycles. The molecule has 0 aliphatic rings. The molecule has 1 atom stereocenters. The summed E-state index contributed by atoms with van der Waals surface area (Å²) < 4.78 is 0. The van der Waals surface area contributed by atoms with Crippen LogP contribution in [0, 0.1) is 25.2 Å². The normalized spacial score (nSPS) is 12.3. The van der Waals surface area contributed by atoms with Crippen LogP contribution in [0.4, 0.5) is 5.82 Å². The van der Waals surface area contributed by atoms with Gasteiger partial charge in [0.25, 0.3) is 0 Å². The van der Waals surface area contributed by atoms with E-state index >= 15 is 0 Å². The molecule has 0 aromatic carbocycles. The van der Waals surface area contributed by atoms with Crippen molar-refractivity contribution in [3.05, 3.63) is 22.9 Å². The predicted molar refractivity (Wildman–Crippen MR) is 79.5 cm³/mol. The first-order chi connectivity index (χ1) is 8.90. The molecule has 0 aliphatic carbocycles. The van der Waals surface area contributed by atoms with Crippen molar-refractivity contribution in [2.75, 3.05) is 32.1 Å². The Morgan fingerprint density at radius 3 is 2.47 bits per heavy atom. The van der Waals surface area contributed by atoms with Crippen LogP contribution in [0.1, 0.15) is 30.7 Å². The topological polar surface area (TPSA) is 43.2 Å². The fraction of sp³-hybridized carbons (Fsp3) is 0.600. The molecular formula is C15H24N4. The Labute approximate surface area is 116 Å². The van der Waals surface area contributed by atoms with Gasteiger partial charge < -0.3 is 9.80 Å². The molecular weight excluding hydrogens is 236 g/mol. The predicted octanol–water partition coefficient (Wildman–Crippen LogP) is 2.35. The molecule has 1 rings (SSSR count). The Hall–Kier alpha value is -1.60. The number of hydrogen-bond donors (Lipinski definition) is 0. The van der Waals surface area contributed by atoms with Crippen LogP contribution in [0.15, 0.2) is 6.07 Å². The molecule has 0 spiro atoms. The monoisotopic (exact) mass is 260 g/mol. The molecule has 1 aromatic heterocycles. The first-order valence-corrected chi connectivity index (χ1v) is 6.70. The molecule has 0 amide bonds. The van der Waals surface area contributed by atoms with Gasteiger partial charge in [0.1, 0.15) is 11.9 Å². The fourth-order valence-corrected chi connectivity index (χ4v) is 2.46. The summed E-state index contributed by atoms with van der Waals surface area (Å²) in [6.45, 7) is 10.0. The van der Waals surface area contributed by atoms with E-state index in [-0.39, 0.29) is 0 Å². The lowest BCUT2D eigenvalue weighted by molar-refractivity contribution is 0.372. The van der Waals surface area contributed by atoms with Crippen LogP contribution in [0.2, 0.25) is 0 Å². The van der Waals surface area contributed by atoms with Gasteiger partial charge in [0.05, 0.1) is 5.56 Å². The molecule has 0 N–H and O–H groups in total. The summed E-state index contributed by atoms with van der Waals surface area (Å²) in [6.07, 6.45) is 0. The number of aromatic nitrogens is 1. The van der Waals surface area contributed by atoms with Crippen LogP contribution in [-0.4, -0.2) is 43.1 Å². The number of likely N-dealkylation sites (N-methyl/N-ethyl adjacent to an activating group) is 2. The summed E-state index contributed by atoms with van der Waals surface area (Å²) in [7, 11) is 4.12. The maximum absolute atomic E-state index is 9.37. The van der Waals surface area contributed by atoms with Crippen LogP contribution in [-0.2, 0) is 0 Å². The van der Waals surface area contributed by atoms with Gasteiger partial charge in [0, 0.05) is 24.8 Å². The third-order valence-electron chi connectivity index (χ3n) is 3.21. The number of aryl methyl sites for hydroxylation is 2. The van der Waals surface area contributed by atoms with Gasteiger partial charge in [0.2, 0.25) is 0 Å². The quantitative estimate of drug-likeness (QED) is 0.815. The number of pyridine rings is 1. The Balaban J connectivity index is 3.21. The van der Waals surface area contributed by atoms with Crippen LogP contribution < -0.4 is 4.90 Å². The second-order valence-corrected chi connectivity index (χ2v) is 5.29. The average Bonchev–Trinajstić information content (AvgIpc) is 2.28. The largest absolute Gasteiger partial charge is 0.352 e. The standard InChI is InChI=1S/C15H24N4/c1-7-19(13(4)10-18(5)6)15-14(9-16)11(2)8-12(3)17-15/h8,13H,7,10H2,1-6H3. The fourth-order valence-electron chi connectivity index (χ4n) is 2.46. The average molecular weight is 260 g/mol. The Kier molecular flexibility index (Phi) is 5.31. The van der Waals surface area contributed by atoms with Gasteiger partial charge in [-0.15, -0.1) is 0 Å². The summed E-state index contributed by atoms with van der Waals surface area (Å²) in [4.78, 5) is 8.95. The van der Waals surface area contributed by atoms with Crippen molar-refractivity contribution in [3.8, 4) is 6.07 Å². The molecule has 4 nitrogen and oxygen atoms in total. The lowest BCUT2D eigenvalue weighted by Gasteiger charge is -2.32. The minimum Gasteiger partial charge on any atom is -0.352 e. The number of rotatable bonds is 5. The van der Waals surface area contributed by atoms with Gasteiger partial charge in [-0.3, -0.25) is 0 Å². The zero-order chi connectivity index (χ0) is 14.6. The Morgan fingerprint density at radius 2 is 2.00 bits per heavy atom. The van der Waals surface area contributed by atoms with Crippen LogP contribution in [0.25, 0.3) is 0 Å². The van der Waals surface area contributed by atoms with Gasteiger partial charge in [-0.25, -0.2) is 4.98 Å². The lowest BCUT2D eigenvalue weighted by Crippen LogP contribution is -2.41. The van der Waals surface area contributed by atoms with Gasteiger partial charge in [0.15, 0.2) is 0 Å². The second kappa shape index (κ2) is 6.53. The van der Waals surface area contributed by atoms with E-state index in [1.54, 1.807) is 0 Å². The van der Waals surface area contributed by atoms with Gasteiger partial charge in [-0.05, 0) is 53.4 Å². The van der Waals surface area contributed by atoms with Gasteiger partial charge in [-0.1, -0.05) is 0 Å². The first kappa shape index (κ1) is 15.5. The molecule has 104 valence electrons. The van der Waals surface area contributed by atoms with E-state index in [4.69, 9.17) is 0 Å². The lowest BCUT2D eigenvalue weighted by atomic mass is 10.1. The second-order valence-electron chi connectivity index (χ2n) is 5.29. The number of hydrogen-bond acceptors (Lipinski definition) is 4. The molecule has 19 heavy (non-hydrogen) atoms.